The van der Waals surface area contributed by atoms with Crippen molar-refractivity contribution < 1.29 is 0 Å². The van der Waals surface area contributed by atoms with Crippen LogP contribution in [0.2, 0.25) is 0 Å². The first-order valence-electron chi connectivity index (χ1n) is 3.43. The maximum Gasteiger partial charge on any atom is 0.350 e. The van der Waals surface area contributed by atoms with Gasteiger partial charge in [0.1, 0.15) is 5.82 Å². The van der Waals surface area contributed by atoms with Gasteiger partial charge in [-0.3, -0.25) is 4.57 Å². The first-order valence-corrected chi connectivity index (χ1v) is 3.43. The maximum absolute atomic E-state index is 11.0. The van der Waals surface area contributed by atoms with Crippen LogP contribution in [0.25, 0.3) is 0 Å². The van der Waals surface area contributed by atoms with Gasteiger partial charge in [-0.2, -0.15) is 4.98 Å². The molecule has 0 unspecified atom stereocenters. The summed E-state index contributed by atoms with van der Waals surface area (Å²) in [4.78, 5) is 14.7. The first kappa shape index (κ1) is 8.48. The van der Waals surface area contributed by atoms with Gasteiger partial charge in [-0.1, -0.05) is 6.58 Å². The Balaban J connectivity index is 3.01. The van der Waals surface area contributed by atoms with Gasteiger partial charge in [0, 0.05) is 6.20 Å². The summed E-state index contributed by atoms with van der Waals surface area (Å²) in [6.45, 7) is 3.58. The molecule has 0 amide bonds. The van der Waals surface area contributed by atoms with Crippen LogP contribution in [0.3, 0.4) is 0 Å². The number of nitrogens with two attached hydrogens (primary N) is 1. The molecule has 3 N–H and O–H groups in total. The van der Waals surface area contributed by atoms with Crippen LogP contribution in [0.1, 0.15) is 0 Å². The van der Waals surface area contributed by atoms with Crippen LogP contribution in [0.4, 0.5) is 5.82 Å². The predicted molar refractivity (Wildman–Crippen MR) is 46.5 cm³/mol. The van der Waals surface area contributed by atoms with Crippen LogP contribution in [0.5, 0.6) is 0 Å². The highest BCUT2D eigenvalue weighted by molar-refractivity contribution is 5.34. The molecule has 0 aromatic carbocycles. The highest BCUT2D eigenvalue weighted by atomic mass is 16.1. The SMILES string of the molecule is C=CNc1ccn(CN)c(=O)n1. The molecule has 1 aromatic heterocycles. The van der Waals surface area contributed by atoms with E-state index in [1.54, 1.807) is 12.3 Å². The van der Waals surface area contributed by atoms with Crippen molar-refractivity contribution in [3.8, 4) is 0 Å². The Morgan fingerprint density at radius 3 is 3.08 bits per heavy atom. The minimum Gasteiger partial charge on any atom is -0.347 e. The molecule has 5 nitrogen and oxygen atoms in total. The van der Waals surface area contributed by atoms with E-state index in [1.165, 1.54) is 10.8 Å². The molecular formula is C7H10N4O. The predicted octanol–water partition coefficient (Wildman–Crippen LogP) is -0.285. The van der Waals surface area contributed by atoms with Gasteiger partial charge in [0.15, 0.2) is 0 Å². The van der Waals surface area contributed by atoms with Gasteiger partial charge < -0.3 is 11.1 Å². The number of rotatable bonds is 3. The number of hydrogen-bond acceptors (Lipinski definition) is 4. The molecule has 0 aliphatic carbocycles. The van der Waals surface area contributed by atoms with Crippen LogP contribution >= 0.6 is 0 Å². The molecule has 5 heteroatoms. The van der Waals surface area contributed by atoms with Crippen LogP contribution in [0.15, 0.2) is 29.8 Å². The highest BCUT2D eigenvalue weighted by Gasteiger charge is 1.95. The third-order valence-corrected chi connectivity index (χ3v) is 1.32. The number of hydrogen-bond donors (Lipinski definition) is 2. The van der Waals surface area contributed by atoms with Crippen molar-refractivity contribution in [1.29, 1.82) is 0 Å². The van der Waals surface area contributed by atoms with Crippen molar-refractivity contribution in [2.75, 3.05) is 5.32 Å². The number of nitrogens with one attached hydrogen (secondary N) is 1. The fourth-order valence-electron chi connectivity index (χ4n) is 0.753. The Kier molecular flexibility index (Phi) is 2.60. The molecule has 1 heterocycles. The van der Waals surface area contributed by atoms with E-state index in [4.69, 9.17) is 5.73 Å². The van der Waals surface area contributed by atoms with Crippen molar-refractivity contribution >= 4 is 5.82 Å². The van der Waals surface area contributed by atoms with E-state index >= 15 is 0 Å². The second kappa shape index (κ2) is 3.68. The minimum atomic E-state index is -0.371. The third-order valence-electron chi connectivity index (χ3n) is 1.32. The van der Waals surface area contributed by atoms with Crippen LogP contribution in [-0.4, -0.2) is 9.55 Å². The van der Waals surface area contributed by atoms with E-state index in [0.29, 0.717) is 5.82 Å². The number of aromatic nitrogens is 2. The summed E-state index contributed by atoms with van der Waals surface area (Å²) in [5, 5.41) is 2.70. The molecule has 0 saturated carbocycles. The molecule has 0 aliphatic heterocycles. The largest absolute Gasteiger partial charge is 0.350 e. The topological polar surface area (TPSA) is 72.9 Å². The van der Waals surface area contributed by atoms with Crippen molar-refractivity contribution in [3.05, 3.63) is 35.5 Å². The van der Waals surface area contributed by atoms with Gasteiger partial charge >= 0.3 is 5.69 Å². The van der Waals surface area contributed by atoms with Crippen LogP contribution in [0, 0.1) is 0 Å². The zero-order chi connectivity index (χ0) is 8.97. The van der Waals surface area contributed by atoms with E-state index < -0.39 is 0 Å². The van der Waals surface area contributed by atoms with E-state index in [2.05, 4.69) is 16.9 Å². The van der Waals surface area contributed by atoms with Crippen LogP contribution < -0.4 is 16.7 Å². The molecule has 0 fully saturated rings. The van der Waals surface area contributed by atoms with E-state index in [-0.39, 0.29) is 12.4 Å². The summed E-state index contributed by atoms with van der Waals surface area (Å²) < 4.78 is 1.30. The summed E-state index contributed by atoms with van der Waals surface area (Å²) >= 11 is 0. The molecule has 64 valence electrons. The molecule has 0 saturated heterocycles. The normalized spacial score (nSPS) is 9.42. The van der Waals surface area contributed by atoms with Gasteiger partial charge in [0.2, 0.25) is 0 Å². The summed E-state index contributed by atoms with van der Waals surface area (Å²) in [5.74, 6) is 0.472. The van der Waals surface area contributed by atoms with Crippen molar-refractivity contribution in [3.63, 3.8) is 0 Å². The molecule has 1 rings (SSSR count). The molecule has 0 aliphatic rings. The van der Waals surface area contributed by atoms with Crippen molar-refractivity contribution in [2.24, 2.45) is 5.73 Å². The highest BCUT2D eigenvalue weighted by Crippen LogP contribution is 1.95. The van der Waals surface area contributed by atoms with Gasteiger partial charge in [-0.05, 0) is 12.3 Å². The fraction of sp³-hybridized carbons (Fsp3) is 0.143. The lowest BCUT2D eigenvalue weighted by Crippen LogP contribution is -2.26. The van der Waals surface area contributed by atoms with Crippen molar-refractivity contribution in [2.45, 2.75) is 6.67 Å². The van der Waals surface area contributed by atoms with Crippen LogP contribution in [-0.2, 0) is 6.67 Å². The average molecular weight is 166 g/mol. The Hall–Kier alpha value is -1.62. The average Bonchev–Trinajstić information content (AvgIpc) is 2.05. The zero-order valence-electron chi connectivity index (χ0n) is 6.53. The molecule has 12 heavy (non-hydrogen) atoms. The standard InChI is InChI=1S/C7H10N4O/c1-2-9-6-3-4-11(5-8)7(12)10-6/h2-4H,1,5,8H2,(H,9,10,12). The summed E-state index contributed by atoms with van der Waals surface area (Å²) in [5.41, 5.74) is 4.89. The fourth-order valence-corrected chi connectivity index (χ4v) is 0.753. The van der Waals surface area contributed by atoms with E-state index in [1.807, 2.05) is 0 Å². The van der Waals surface area contributed by atoms with Gasteiger partial charge in [-0.15, -0.1) is 0 Å². The van der Waals surface area contributed by atoms with Gasteiger partial charge in [-0.25, -0.2) is 4.79 Å². The van der Waals surface area contributed by atoms with E-state index in [9.17, 15) is 4.79 Å². The maximum atomic E-state index is 11.0. The third kappa shape index (κ3) is 1.70. The smallest absolute Gasteiger partial charge is 0.347 e. The Morgan fingerprint density at radius 2 is 2.58 bits per heavy atom. The molecule has 0 radical (unpaired) electrons. The Morgan fingerprint density at radius 1 is 1.83 bits per heavy atom. The number of anilines is 1. The molecule has 0 spiro atoms. The molecular weight excluding hydrogens is 156 g/mol. The molecule has 0 atom stereocenters. The molecule has 1 aromatic rings. The Bertz CT molecular complexity index is 330. The summed E-state index contributed by atoms with van der Waals surface area (Å²) in [6.07, 6.45) is 3.02. The lowest BCUT2D eigenvalue weighted by molar-refractivity contribution is 0.677. The summed E-state index contributed by atoms with van der Waals surface area (Å²) in [6, 6.07) is 1.65. The Labute approximate surface area is 69.5 Å². The van der Waals surface area contributed by atoms with Crippen molar-refractivity contribution in [1.82, 2.24) is 9.55 Å². The second-order valence-electron chi connectivity index (χ2n) is 2.10. The quantitative estimate of drug-likeness (QED) is 0.647. The monoisotopic (exact) mass is 166 g/mol. The first-order chi connectivity index (χ1) is 5.77. The summed E-state index contributed by atoms with van der Waals surface area (Å²) in [7, 11) is 0. The van der Waals surface area contributed by atoms with Gasteiger partial charge in [0.25, 0.3) is 0 Å². The molecule has 0 bridgehead atoms. The minimum absolute atomic E-state index is 0.139. The lowest BCUT2D eigenvalue weighted by Gasteiger charge is -2.01. The van der Waals surface area contributed by atoms with E-state index in [0.717, 1.165) is 0 Å². The second-order valence-corrected chi connectivity index (χ2v) is 2.10. The number of nitrogens with zero attached hydrogens (tertiary/aromatic N) is 2. The lowest BCUT2D eigenvalue weighted by atomic mass is 10.6. The van der Waals surface area contributed by atoms with Gasteiger partial charge in [0.05, 0.1) is 6.67 Å². The zero-order valence-corrected chi connectivity index (χ0v) is 6.53.